The van der Waals surface area contributed by atoms with Crippen LogP contribution < -0.4 is 0 Å². The quantitative estimate of drug-likeness (QED) is 0.872. The van der Waals surface area contributed by atoms with E-state index in [0.717, 1.165) is 19.4 Å². The molecule has 1 aromatic rings. The summed E-state index contributed by atoms with van der Waals surface area (Å²) in [5.41, 5.74) is 1.31. The van der Waals surface area contributed by atoms with Crippen molar-refractivity contribution in [3.63, 3.8) is 0 Å². The van der Waals surface area contributed by atoms with Gasteiger partial charge in [0.1, 0.15) is 0 Å². The van der Waals surface area contributed by atoms with Crippen LogP contribution in [-0.4, -0.2) is 41.7 Å². The molecule has 90 valence electrons. The first-order valence-corrected chi connectivity index (χ1v) is 6.78. The predicted octanol–water partition coefficient (Wildman–Crippen LogP) is 1.80. The highest BCUT2D eigenvalue weighted by molar-refractivity contribution is 7.11. The van der Waals surface area contributed by atoms with Gasteiger partial charge in [-0.3, -0.25) is 0 Å². The van der Waals surface area contributed by atoms with Crippen LogP contribution in [0.4, 0.5) is 0 Å². The molecule has 1 unspecified atom stereocenters. The highest BCUT2D eigenvalue weighted by Gasteiger charge is 2.25. The van der Waals surface area contributed by atoms with Gasteiger partial charge in [0.05, 0.1) is 10.7 Å². The van der Waals surface area contributed by atoms with E-state index in [9.17, 15) is 0 Å². The number of aliphatic hydroxyl groups excluding tert-OH is 1. The Morgan fingerprint density at radius 2 is 2.38 bits per heavy atom. The molecule has 2 rings (SSSR count). The molecule has 1 N–H and O–H groups in total. The van der Waals surface area contributed by atoms with Gasteiger partial charge in [0, 0.05) is 30.4 Å². The van der Waals surface area contributed by atoms with Crippen LogP contribution in [0.2, 0.25) is 0 Å². The zero-order valence-corrected chi connectivity index (χ0v) is 10.9. The fraction of sp³-hybridized carbons (Fsp3) is 0.750. The van der Waals surface area contributed by atoms with Gasteiger partial charge in [0.15, 0.2) is 0 Å². The molecule has 1 atom stereocenters. The first-order chi connectivity index (χ1) is 7.70. The van der Waals surface area contributed by atoms with Crippen molar-refractivity contribution in [2.24, 2.45) is 0 Å². The van der Waals surface area contributed by atoms with Gasteiger partial charge in [-0.15, -0.1) is 11.3 Å². The number of nitrogens with zero attached hydrogens (tertiary/aromatic N) is 2. The average Bonchev–Trinajstić information content (AvgIpc) is 2.82. The van der Waals surface area contributed by atoms with Crippen molar-refractivity contribution in [1.82, 2.24) is 9.88 Å². The zero-order chi connectivity index (χ0) is 11.5. The number of aliphatic hydroxyl groups is 1. The second-order valence-electron chi connectivity index (χ2n) is 4.62. The summed E-state index contributed by atoms with van der Waals surface area (Å²) in [5, 5.41) is 10.0. The normalized spacial score (nSPS) is 21.8. The molecule has 3 nitrogen and oxygen atoms in total. The monoisotopic (exact) mass is 240 g/mol. The molecule has 0 radical (unpaired) electrons. The molecule has 0 aromatic carbocycles. The van der Waals surface area contributed by atoms with Gasteiger partial charge >= 0.3 is 0 Å². The Labute approximate surface area is 101 Å². The minimum absolute atomic E-state index is 0.264. The lowest BCUT2D eigenvalue weighted by atomic mass is 10.0. The molecule has 1 saturated heterocycles. The van der Waals surface area contributed by atoms with E-state index >= 15 is 0 Å². The Balaban J connectivity index is 2.06. The van der Waals surface area contributed by atoms with Crippen LogP contribution in [-0.2, 0) is 6.42 Å². The molecular formula is C12H20N2OS. The standard InChI is InChI=1S/C12H20N2OS/c1-9-12(10-5-6-14(2)8-10)13-11(16-9)4-3-7-15/h10,15H,3-8H2,1-2H3. The van der Waals surface area contributed by atoms with E-state index in [1.54, 1.807) is 11.3 Å². The molecule has 0 amide bonds. The third-order valence-electron chi connectivity index (χ3n) is 3.20. The number of likely N-dealkylation sites (N-methyl/N-ethyl adjacent to an activating group) is 1. The van der Waals surface area contributed by atoms with E-state index in [4.69, 9.17) is 10.1 Å². The van der Waals surface area contributed by atoms with E-state index in [1.807, 2.05) is 0 Å². The van der Waals surface area contributed by atoms with Crippen LogP contribution in [0.15, 0.2) is 0 Å². The largest absolute Gasteiger partial charge is 0.396 e. The number of thiazole rings is 1. The SMILES string of the molecule is Cc1sc(CCCO)nc1C1CCN(C)C1. The van der Waals surface area contributed by atoms with E-state index in [2.05, 4.69) is 18.9 Å². The summed E-state index contributed by atoms with van der Waals surface area (Å²) >= 11 is 1.80. The molecule has 1 aromatic heterocycles. The number of hydrogen-bond donors (Lipinski definition) is 1. The topological polar surface area (TPSA) is 36.4 Å². The molecule has 1 fully saturated rings. The molecule has 0 aliphatic carbocycles. The third-order valence-corrected chi connectivity index (χ3v) is 4.25. The molecule has 16 heavy (non-hydrogen) atoms. The number of hydrogen-bond acceptors (Lipinski definition) is 4. The second kappa shape index (κ2) is 5.25. The number of aromatic nitrogens is 1. The van der Waals surface area contributed by atoms with Crippen LogP contribution in [0.5, 0.6) is 0 Å². The van der Waals surface area contributed by atoms with Crippen molar-refractivity contribution in [2.75, 3.05) is 26.7 Å². The van der Waals surface area contributed by atoms with Gasteiger partial charge in [0.25, 0.3) is 0 Å². The highest BCUT2D eigenvalue weighted by Crippen LogP contribution is 2.31. The molecular weight excluding hydrogens is 220 g/mol. The predicted molar refractivity (Wildman–Crippen MR) is 67.1 cm³/mol. The fourth-order valence-corrected chi connectivity index (χ4v) is 3.40. The van der Waals surface area contributed by atoms with Gasteiger partial charge in [-0.1, -0.05) is 0 Å². The van der Waals surface area contributed by atoms with Crippen molar-refractivity contribution in [3.8, 4) is 0 Å². The molecule has 0 spiro atoms. The van der Waals surface area contributed by atoms with Gasteiger partial charge in [-0.2, -0.15) is 0 Å². The molecule has 4 heteroatoms. The first kappa shape index (κ1) is 12.0. The number of rotatable bonds is 4. The molecule has 2 heterocycles. The molecule has 0 bridgehead atoms. The van der Waals surface area contributed by atoms with Crippen molar-refractivity contribution in [1.29, 1.82) is 0 Å². The molecule has 1 aliphatic rings. The Morgan fingerprint density at radius 3 is 3.00 bits per heavy atom. The van der Waals surface area contributed by atoms with Crippen molar-refractivity contribution < 1.29 is 5.11 Å². The van der Waals surface area contributed by atoms with Crippen molar-refractivity contribution in [2.45, 2.75) is 32.1 Å². The summed E-state index contributed by atoms with van der Waals surface area (Å²) in [5.74, 6) is 0.629. The van der Waals surface area contributed by atoms with Crippen molar-refractivity contribution in [3.05, 3.63) is 15.6 Å². The zero-order valence-electron chi connectivity index (χ0n) is 10.1. The van der Waals surface area contributed by atoms with Crippen LogP contribution in [0.25, 0.3) is 0 Å². The molecule has 0 saturated carbocycles. The van der Waals surface area contributed by atoms with Gasteiger partial charge in [-0.25, -0.2) is 4.98 Å². The van der Waals surface area contributed by atoms with E-state index in [0.29, 0.717) is 5.92 Å². The molecule has 1 aliphatic heterocycles. The maximum Gasteiger partial charge on any atom is 0.0932 e. The van der Waals surface area contributed by atoms with Crippen molar-refractivity contribution >= 4 is 11.3 Å². The maximum absolute atomic E-state index is 8.82. The second-order valence-corrected chi connectivity index (χ2v) is 5.91. The average molecular weight is 240 g/mol. The third kappa shape index (κ3) is 2.62. The van der Waals surface area contributed by atoms with Crippen LogP contribution >= 0.6 is 11.3 Å². The van der Waals surface area contributed by atoms with Crippen LogP contribution in [0, 0.1) is 6.92 Å². The maximum atomic E-state index is 8.82. The first-order valence-electron chi connectivity index (χ1n) is 5.96. The van der Waals surface area contributed by atoms with E-state index < -0.39 is 0 Å². The van der Waals surface area contributed by atoms with Gasteiger partial charge < -0.3 is 10.0 Å². The minimum atomic E-state index is 0.264. The summed E-state index contributed by atoms with van der Waals surface area (Å²) in [4.78, 5) is 8.49. The Bertz CT molecular complexity index is 351. The Kier molecular flexibility index (Phi) is 3.95. The summed E-state index contributed by atoms with van der Waals surface area (Å²) in [6, 6.07) is 0. The lowest BCUT2D eigenvalue weighted by Crippen LogP contribution is -2.13. The Hall–Kier alpha value is -0.450. The summed E-state index contributed by atoms with van der Waals surface area (Å²) in [6.45, 7) is 4.77. The minimum Gasteiger partial charge on any atom is -0.396 e. The smallest absolute Gasteiger partial charge is 0.0932 e. The fourth-order valence-electron chi connectivity index (χ4n) is 2.34. The lowest BCUT2D eigenvalue weighted by molar-refractivity contribution is 0.288. The number of likely N-dealkylation sites (tertiary alicyclic amines) is 1. The number of aryl methyl sites for hydroxylation is 2. The lowest BCUT2D eigenvalue weighted by Gasteiger charge is -2.08. The van der Waals surface area contributed by atoms with E-state index in [1.165, 1.54) is 28.5 Å². The highest BCUT2D eigenvalue weighted by atomic mass is 32.1. The summed E-state index contributed by atoms with van der Waals surface area (Å²) in [7, 11) is 2.17. The van der Waals surface area contributed by atoms with Gasteiger partial charge in [-0.05, 0) is 33.4 Å². The Morgan fingerprint density at radius 1 is 1.56 bits per heavy atom. The van der Waals surface area contributed by atoms with Crippen LogP contribution in [0.3, 0.4) is 0 Å². The summed E-state index contributed by atoms with van der Waals surface area (Å²) < 4.78 is 0. The summed E-state index contributed by atoms with van der Waals surface area (Å²) in [6.07, 6.45) is 2.99. The van der Waals surface area contributed by atoms with Crippen LogP contribution in [0.1, 0.15) is 34.3 Å². The van der Waals surface area contributed by atoms with E-state index in [-0.39, 0.29) is 6.61 Å². The van der Waals surface area contributed by atoms with Gasteiger partial charge in [0.2, 0.25) is 0 Å².